The van der Waals surface area contributed by atoms with Gasteiger partial charge in [0, 0.05) is 17.4 Å². The van der Waals surface area contributed by atoms with Crippen LogP contribution >= 0.6 is 0 Å². The second kappa shape index (κ2) is 6.74. The van der Waals surface area contributed by atoms with Crippen LogP contribution in [0.25, 0.3) is 0 Å². The molecular formula is C19H20N2O3. The Morgan fingerprint density at radius 2 is 1.88 bits per heavy atom. The standard InChI is InChI=1S/C19H20N2O3/c1-3-24-18(22)14-8-10-16(11-9-14)20-19(23)21-13(2)12-15-6-4-5-7-17(15)21/h4-11,13H,3,12H2,1-2H3,(H,20,23). The summed E-state index contributed by atoms with van der Waals surface area (Å²) in [6, 6.07) is 14.6. The lowest BCUT2D eigenvalue weighted by atomic mass is 10.1. The van der Waals surface area contributed by atoms with E-state index in [0.717, 1.165) is 12.1 Å². The number of hydrogen-bond acceptors (Lipinski definition) is 3. The monoisotopic (exact) mass is 324 g/mol. The lowest BCUT2D eigenvalue weighted by Gasteiger charge is -2.23. The van der Waals surface area contributed by atoms with Crippen LogP contribution in [0.1, 0.15) is 29.8 Å². The molecule has 5 nitrogen and oxygen atoms in total. The van der Waals surface area contributed by atoms with Crippen molar-refractivity contribution in [3.05, 3.63) is 59.7 Å². The van der Waals surface area contributed by atoms with Gasteiger partial charge in [0.1, 0.15) is 0 Å². The van der Waals surface area contributed by atoms with Crippen LogP contribution in [0, 0.1) is 0 Å². The van der Waals surface area contributed by atoms with Gasteiger partial charge in [-0.15, -0.1) is 0 Å². The molecule has 1 heterocycles. The predicted molar refractivity (Wildman–Crippen MR) is 93.5 cm³/mol. The van der Waals surface area contributed by atoms with Crippen LogP contribution in [0.15, 0.2) is 48.5 Å². The zero-order valence-electron chi connectivity index (χ0n) is 13.8. The molecule has 124 valence electrons. The Labute approximate surface area is 141 Å². The SMILES string of the molecule is CCOC(=O)c1ccc(NC(=O)N2c3ccccc3CC2C)cc1. The van der Waals surface area contributed by atoms with Gasteiger partial charge >= 0.3 is 12.0 Å². The number of para-hydroxylation sites is 1. The molecule has 5 heteroatoms. The molecule has 1 atom stereocenters. The maximum atomic E-state index is 12.6. The number of carbonyl (C=O) groups is 2. The summed E-state index contributed by atoms with van der Waals surface area (Å²) in [6.45, 7) is 4.13. The molecular weight excluding hydrogens is 304 g/mol. The van der Waals surface area contributed by atoms with E-state index in [1.54, 1.807) is 36.1 Å². The molecule has 2 aromatic carbocycles. The molecule has 24 heavy (non-hydrogen) atoms. The molecule has 2 amide bonds. The molecule has 0 aromatic heterocycles. The lowest BCUT2D eigenvalue weighted by Crippen LogP contribution is -2.39. The molecule has 3 rings (SSSR count). The Balaban J connectivity index is 1.72. The van der Waals surface area contributed by atoms with Crippen molar-refractivity contribution in [2.24, 2.45) is 0 Å². The number of hydrogen-bond donors (Lipinski definition) is 1. The van der Waals surface area contributed by atoms with Crippen LogP contribution < -0.4 is 10.2 Å². The van der Waals surface area contributed by atoms with Crippen LogP contribution in [0.5, 0.6) is 0 Å². The molecule has 0 bridgehead atoms. The summed E-state index contributed by atoms with van der Waals surface area (Å²) in [5, 5.41) is 2.89. The zero-order chi connectivity index (χ0) is 17.1. The van der Waals surface area contributed by atoms with E-state index in [9.17, 15) is 9.59 Å². The second-order valence-electron chi connectivity index (χ2n) is 5.78. The Morgan fingerprint density at radius 3 is 2.58 bits per heavy atom. The Kier molecular flexibility index (Phi) is 4.51. The van der Waals surface area contributed by atoms with Gasteiger partial charge in [-0.3, -0.25) is 4.90 Å². The number of fused-ring (bicyclic) bond motifs is 1. The molecule has 0 saturated heterocycles. The highest BCUT2D eigenvalue weighted by atomic mass is 16.5. The molecule has 0 saturated carbocycles. The van der Waals surface area contributed by atoms with Crippen molar-refractivity contribution >= 4 is 23.4 Å². The summed E-state index contributed by atoms with van der Waals surface area (Å²) < 4.78 is 4.95. The van der Waals surface area contributed by atoms with Gasteiger partial charge in [0.05, 0.1) is 12.2 Å². The quantitative estimate of drug-likeness (QED) is 0.873. The van der Waals surface area contributed by atoms with Gasteiger partial charge in [-0.2, -0.15) is 0 Å². The van der Waals surface area contributed by atoms with Crippen LogP contribution in [-0.2, 0) is 11.2 Å². The van der Waals surface area contributed by atoms with E-state index in [1.165, 1.54) is 5.56 Å². The first kappa shape index (κ1) is 16.1. The fourth-order valence-corrected chi connectivity index (χ4v) is 2.96. The van der Waals surface area contributed by atoms with E-state index in [1.807, 2.05) is 31.2 Å². The molecule has 0 radical (unpaired) electrons. The van der Waals surface area contributed by atoms with E-state index >= 15 is 0 Å². The van der Waals surface area contributed by atoms with Crippen molar-refractivity contribution in [2.45, 2.75) is 26.3 Å². The van der Waals surface area contributed by atoms with Gasteiger partial charge in [-0.1, -0.05) is 18.2 Å². The van der Waals surface area contributed by atoms with Gasteiger partial charge in [0.15, 0.2) is 0 Å². The normalized spacial score (nSPS) is 15.8. The van der Waals surface area contributed by atoms with Crippen LogP contribution in [-0.4, -0.2) is 24.6 Å². The van der Waals surface area contributed by atoms with Gasteiger partial charge < -0.3 is 10.1 Å². The number of benzene rings is 2. The van der Waals surface area contributed by atoms with Crippen molar-refractivity contribution in [3.63, 3.8) is 0 Å². The third kappa shape index (κ3) is 3.11. The number of carbonyl (C=O) groups excluding carboxylic acids is 2. The van der Waals surface area contributed by atoms with Crippen molar-refractivity contribution in [1.82, 2.24) is 0 Å². The number of nitrogens with zero attached hydrogens (tertiary/aromatic N) is 1. The first-order valence-corrected chi connectivity index (χ1v) is 8.05. The topological polar surface area (TPSA) is 58.6 Å². The molecule has 0 spiro atoms. The van der Waals surface area contributed by atoms with E-state index in [0.29, 0.717) is 17.9 Å². The third-order valence-corrected chi connectivity index (χ3v) is 4.07. The smallest absolute Gasteiger partial charge is 0.338 e. The highest BCUT2D eigenvalue weighted by molar-refractivity contribution is 6.03. The minimum absolute atomic E-state index is 0.112. The summed E-state index contributed by atoms with van der Waals surface area (Å²) in [5.41, 5.74) is 3.24. The highest BCUT2D eigenvalue weighted by Gasteiger charge is 2.30. The number of anilines is 2. The summed E-state index contributed by atoms with van der Waals surface area (Å²) in [6.07, 6.45) is 0.853. The van der Waals surface area contributed by atoms with Crippen molar-refractivity contribution < 1.29 is 14.3 Å². The highest BCUT2D eigenvalue weighted by Crippen LogP contribution is 2.32. The maximum Gasteiger partial charge on any atom is 0.338 e. The molecule has 1 aliphatic heterocycles. The van der Waals surface area contributed by atoms with E-state index < -0.39 is 0 Å². The molecule has 1 aliphatic rings. The molecule has 2 aromatic rings. The summed E-state index contributed by atoms with van der Waals surface area (Å²) >= 11 is 0. The number of rotatable bonds is 3. The molecule has 1 N–H and O–H groups in total. The number of ether oxygens (including phenoxy) is 1. The fraction of sp³-hybridized carbons (Fsp3) is 0.263. The van der Waals surface area contributed by atoms with Crippen LogP contribution in [0.2, 0.25) is 0 Å². The van der Waals surface area contributed by atoms with Crippen molar-refractivity contribution in [3.8, 4) is 0 Å². The Bertz CT molecular complexity index is 755. The first-order valence-electron chi connectivity index (χ1n) is 8.05. The van der Waals surface area contributed by atoms with Gasteiger partial charge in [0.2, 0.25) is 0 Å². The Morgan fingerprint density at radius 1 is 1.17 bits per heavy atom. The average molecular weight is 324 g/mol. The summed E-state index contributed by atoms with van der Waals surface area (Å²) in [5.74, 6) is -0.363. The van der Waals surface area contributed by atoms with Crippen molar-refractivity contribution in [1.29, 1.82) is 0 Å². The van der Waals surface area contributed by atoms with E-state index in [2.05, 4.69) is 5.32 Å². The Hall–Kier alpha value is -2.82. The minimum atomic E-state index is -0.363. The number of urea groups is 1. The average Bonchev–Trinajstić information content (AvgIpc) is 2.91. The van der Waals surface area contributed by atoms with Gasteiger partial charge in [-0.05, 0) is 56.2 Å². The maximum absolute atomic E-state index is 12.6. The predicted octanol–water partition coefficient (Wildman–Crippen LogP) is 3.85. The summed E-state index contributed by atoms with van der Waals surface area (Å²) in [7, 11) is 0. The minimum Gasteiger partial charge on any atom is -0.462 e. The molecule has 0 fully saturated rings. The molecule has 0 aliphatic carbocycles. The third-order valence-electron chi connectivity index (χ3n) is 4.07. The largest absolute Gasteiger partial charge is 0.462 e. The van der Waals surface area contributed by atoms with Gasteiger partial charge in [0.25, 0.3) is 0 Å². The summed E-state index contributed by atoms with van der Waals surface area (Å²) in [4.78, 5) is 26.1. The molecule has 1 unspecified atom stereocenters. The van der Waals surface area contributed by atoms with Crippen LogP contribution in [0.4, 0.5) is 16.2 Å². The fourth-order valence-electron chi connectivity index (χ4n) is 2.96. The number of nitrogens with one attached hydrogen (secondary N) is 1. The van der Waals surface area contributed by atoms with Gasteiger partial charge in [-0.25, -0.2) is 9.59 Å². The van der Waals surface area contributed by atoms with Crippen molar-refractivity contribution in [2.75, 3.05) is 16.8 Å². The van der Waals surface area contributed by atoms with E-state index in [-0.39, 0.29) is 18.0 Å². The van der Waals surface area contributed by atoms with E-state index in [4.69, 9.17) is 4.74 Å². The van der Waals surface area contributed by atoms with Crippen LogP contribution in [0.3, 0.4) is 0 Å². The number of esters is 1. The zero-order valence-corrected chi connectivity index (χ0v) is 13.8. The lowest BCUT2D eigenvalue weighted by molar-refractivity contribution is 0.0526. The number of amides is 2. The second-order valence-corrected chi connectivity index (χ2v) is 5.78. The first-order chi connectivity index (χ1) is 11.6.